The number of hydrogen-bond acceptors (Lipinski definition) is 5. The van der Waals surface area contributed by atoms with Crippen LogP contribution in [-0.4, -0.2) is 31.9 Å². The summed E-state index contributed by atoms with van der Waals surface area (Å²) in [5.74, 6) is -1.97. The molecule has 1 amide bonds. The summed E-state index contributed by atoms with van der Waals surface area (Å²) < 4.78 is 6.51. The number of hydrogen-bond donors (Lipinski definition) is 3. The number of nitrogens with one attached hydrogen (secondary N) is 1. The number of rotatable bonds is 5. The quantitative estimate of drug-likeness (QED) is 0.647. The van der Waals surface area contributed by atoms with Crippen molar-refractivity contribution in [2.24, 2.45) is 0 Å². The third kappa shape index (κ3) is 3.30. The summed E-state index contributed by atoms with van der Waals surface area (Å²) in [5, 5.41) is 25.6. The molecule has 0 unspecified atom stereocenters. The van der Waals surface area contributed by atoms with Gasteiger partial charge in [0, 0.05) is 0 Å². The fourth-order valence-electron chi connectivity index (χ4n) is 2.47. The Morgan fingerprint density at radius 2 is 2.00 bits per heavy atom. The van der Waals surface area contributed by atoms with Crippen molar-refractivity contribution in [2.75, 3.05) is 0 Å². The first-order valence-corrected chi connectivity index (χ1v) is 7.82. The highest BCUT2D eigenvalue weighted by Crippen LogP contribution is 2.22. The summed E-state index contributed by atoms with van der Waals surface area (Å²) >= 11 is 0. The third-order valence-corrected chi connectivity index (χ3v) is 4.03. The molecule has 2 aromatic heterocycles. The van der Waals surface area contributed by atoms with E-state index >= 15 is 0 Å². The monoisotopic (exact) mass is 355 g/mol. The molecule has 3 aromatic rings. The van der Waals surface area contributed by atoms with E-state index in [1.165, 1.54) is 23.0 Å². The summed E-state index contributed by atoms with van der Waals surface area (Å²) in [7, 11) is 0. The standard InChI is InChI=1S/C18H17N3O5/c1-10-4-3-5-13(11(10)2)21-9-14(22)16(20-21)17(23)19-8-12-6-7-15(26-12)18(24)25/h3-7,9,22H,8H2,1-2H3,(H,19,23)(H,24,25). The van der Waals surface area contributed by atoms with Crippen molar-refractivity contribution in [3.8, 4) is 11.4 Å². The Morgan fingerprint density at radius 3 is 2.69 bits per heavy atom. The summed E-state index contributed by atoms with van der Waals surface area (Å²) in [6.45, 7) is 3.87. The largest absolute Gasteiger partial charge is 0.504 e. The summed E-state index contributed by atoms with van der Waals surface area (Å²) in [6.07, 6.45) is 1.37. The van der Waals surface area contributed by atoms with Crippen LogP contribution in [0.25, 0.3) is 5.69 Å². The summed E-state index contributed by atoms with van der Waals surface area (Å²) in [5.41, 5.74) is 2.68. The van der Waals surface area contributed by atoms with E-state index in [1.54, 1.807) is 0 Å². The maximum absolute atomic E-state index is 12.3. The van der Waals surface area contributed by atoms with Crippen LogP contribution in [0, 0.1) is 13.8 Å². The molecule has 1 aromatic carbocycles. The number of carbonyl (C=O) groups is 2. The van der Waals surface area contributed by atoms with Gasteiger partial charge in [-0.25, -0.2) is 9.48 Å². The van der Waals surface area contributed by atoms with E-state index in [9.17, 15) is 14.7 Å². The Morgan fingerprint density at radius 1 is 1.23 bits per heavy atom. The van der Waals surface area contributed by atoms with Crippen LogP contribution in [0.15, 0.2) is 40.9 Å². The second-order valence-electron chi connectivity index (χ2n) is 5.78. The lowest BCUT2D eigenvalue weighted by molar-refractivity contribution is 0.0660. The second kappa shape index (κ2) is 6.75. The van der Waals surface area contributed by atoms with Crippen LogP contribution < -0.4 is 5.32 Å². The number of benzene rings is 1. The molecule has 0 aliphatic carbocycles. The van der Waals surface area contributed by atoms with Gasteiger partial charge in [-0.1, -0.05) is 12.1 Å². The zero-order chi connectivity index (χ0) is 18.8. The van der Waals surface area contributed by atoms with Gasteiger partial charge in [0.1, 0.15) is 5.76 Å². The topological polar surface area (TPSA) is 118 Å². The molecule has 0 fully saturated rings. The van der Waals surface area contributed by atoms with Crippen LogP contribution in [0.5, 0.6) is 5.75 Å². The van der Waals surface area contributed by atoms with E-state index in [0.29, 0.717) is 0 Å². The van der Waals surface area contributed by atoms with Gasteiger partial charge >= 0.3 is 5.97 Å². The van der Waals surface area contributed by atoms with Gasteiger partial charge < -0.3 is 19.9 Å². The van der Waals surface area contributed by atoms with E-state index in [2.05, 4.69) is 10.4 Å². The predicted octanol–water partition coefficient (Wildman–Crippen LogP) is 2.42. The van der Waals surface area contributed by atoms with Crippen LogP contribution in [0.2, 0.25) is 0 Å². The van der Waals surface area contributed by atoms with Crippen LogP contribution in [-0.2, 0) is 6.54 Å². The van der Waals surface area contributed by atoms with Gasteiger partial charge in [0.05, 0.1) is 18.4 Å². The molecule has 8 heteroatoms. The number of aromatic hydroxyl groups is 1. The van der Waals surface area contributed by atoms with E-state index < -0.39 is 11.9 Å². The zero-order valence-corrected chi connectivity index (χ0v) is 14.2. The molecule has 26 heavy (non-hydrogen) atoms. The fourth-order valence-corrected chi connectivity index (χ4v) is 2.47. The van der Waals surface area contributed by atoms with E-state index in [1.807, 2.05) is 32.0 Å². The van der Waals surface area contributed by atoms with E-state index in [0.717, 1.165) is 16.8 Å². The smallest absolute Gasteiger partial charge is 0.371 e. The minimum absolute atomic E-state index is 0.0259. The summed E-state index contributed by atoms with van der Waals surface area (Å²) in [6, 6.07) is 8.43. The first-order chi connectivity index (χ1) is 12.4. The highest BCUT2D eigenvalue weighted by atomic mass is 16.4. The van der Waals surface area contributed by atoms with Crippen LogP contribution in [0.4, 0.5) is 0 Å². The highest BCUT2D eigenvalue weighted by molar-refractivity contribution is 5.94. The van der Waals surface area contributed by atoms with Gasteiger partial charge in [0.25, 0.3) is 5.91 Å². The number of carbonyl (C=O) groups excluding carboxylic acids is 1. The van der Waals surface area contributed by atoms with Crippen molar-refractivity contribution >= 4 is 11.9 Å². The molecular weight excluding hydrogens is 338 g/mol. The molecule has 3 rings (SSSR count). The van der Waals surface area contributed by atoms with Gasteiger partial charge in [-0.15, -0.1) is 0 Å². The highest BCUT2D eigenvalue weighted by Gasteiger charge is 2.18. The molecule has 0 aliphatic heterocycles. The Kier molecular flexibility index (Phi) is 4.49. The van der Waals surface area contributed by atoms with Crippen LogP contribution >= 0.6 is 0 Å². The van der Waals surface area contributed by atoms with Crippen LogP contribution in [0.1, 0.15) is 37.9 Å². The number of aryl methyl sites for hydroxylation is 1. The molecule has 0 aliphatic rings. The lowest BCUT2D eigenvalue weighted by atomic mass is 10.1. The first-order valence-electron chi connectivity index (χ1n) is 7.82. The van der Waals surface area contributed by atoms with Gasteiger partial charge in [0.2, 0.25) is 5.76 Å². The van der Waals surface area contributed by atoms with Gasteiger partial charge in [-0.05, 0) is 43.2 Å². The van der Waals surface area contributed by atoms with Gasteiger partial charge in [0.15, 0.2) is 11.4 Å². The molecule has 0 saturated carbocycles. The number of nitrogens with zero attached hydrogens (tertiary/aromatic N) is 2. The van der Waals surface area contributed by atoms with E-state index in [-0.39, 0.29) is 29.5 Å². The first kappa shape index (κ1) is 17.3. The Balaban J connectivity index is 1.76. The normalized spacial score (nSPS) is 10.7. The maximum atomic E-state index is 12.3. The molecule has 0 saturated heterocycles. The number of aromatic nitrogens is 2. The lowest BCUT2D eigenvalue weighted by Crippen LogP contribution is -2.23. The molecule has 0 atom stereocenters. The maximum Gasteiger partial charge on any atom is 0.371 e. The zero-order valence-electron chi connectivity index (χ0n) is 14.2. The fraction of sp³-hybridized carbons (Fsp3) is 0.167. The van der Waals surface area contributed by atoms with Crippen molar-refractivity contribution in [3.63, 3.8) is 0 Å². The number of amides is 1. The van der Waals surface area contributed by atoms with Gasteiger partial charge in [-0.3, -0.25) is 4.79 Å². The number of carboxylic acids is 1. The van der Waals surface area contributed by atoms with Gasteiger partial charge in [-0.2, -0.15) is 5.10 Å². The molecule has 0 bridgehead atoms. The van der Waals surface area contributed by atoms with Crippen molar-refractivity contribution < 1.29 is 24.2 Å². The molecule has 3 N–H and O–H groups in total. The molecular formula is C18H17N3O5. The number of aromatic carboxylic acids is 1. The number of carboxylic acid groups (broad SMARTS) is 1. The minimum atomic E-state index is -1.19. The summed E-state index contributed by atoms with van der Waals surface area (Å²) in [4.78, 5) is 23.1. The average molecular weight is 355 g/mol. The Bertz CT molecular complexity index is 987. The van der Waals surface area contributed by atoms with Crippen molar-refractivity contribution in [1.29, 1.82) is 0 Å². The Hall–Kier alpha value is -3.55. The molecule has 0 spiro atoms. The van der Waals surface area contributed by atoms with Crippen molar-refractivity contribution in [3.05, 3.63) is 64.9 Å². The Labute approximate surface area is 148 Å². The molecule has 2 heterocycles. The predicted molar refractivity (Wildman–Crippen MR) is 91.5 cm³/mol. The number of furan rings is 1. The SMILES string of the molecule is Cc1cccc(-n2cc(O)c(C(=O)NCc3ccc(C(=O)O)o3)n2)c1C. The van der Waals surface area contributed by atoms with E-state index in [4.69, 9.17) is 9.52 Å². The third-order valence-electron chi connectivity index (χ3n) is 4.03. The lowest BCUT2D eigenvalue weighted by Gasteiger charge is -2.07. The minimum Gasteiger partial charge on any atom is -0.504 e. The van der Waals surface area contributed by atoms with Crippen molar-refractivity contribution in [1.82, 2.24) is 15.1 Å². The molecule has 0 radical (unpaired) electrons. The second-order valence-corrected chi connectivity index (χ2v) is 5.78. The van der Waals surface area contributed by atoms with Crippen LogP contribution in [0.3, 0.4) is 0 Å². The molecule has 134 valence electrons. The molecule has 8 nitrogen and oxygen atoms in total. The van der Waals surface area contributed by atoms with Crippen molar-refractivity contribution in [2.45, 2.75) is 20.4 Å². The average Bonchev–Trinajstić information content (AvgIpc) is 3.22.